The van der Waals surface area contributed by atoms with Crippen molar-refractivity contribution in [1.29, 1.82) is 0 Å². The molecule has 0 atom stereocenters. The Bertz CT molecular complexity index is 380. The van der Waals surface area contributed by atoms with Crippen LogP contribution in [0.3, 0.4) is 0 Å². The van der Waals surface area contributed by atoms with E-state index in [9.17, 15) is 4.79 Å². The summed E-state index contributed by atoms with van der Waals surface area (Å²) in [6.45, 7) is 5.81. The van der Waals surface area contributed by atoms with E-state index in [0.717, 1.165) is 11.1 Å². The topological polar surface area (TPSA) is 29.1 Å². The first-order valence-corrected chi connectivity index (χ1v) is 4.86. The van der Waals surface area contributed by atoms with Gasteiger partial charge in [0.1, 0.15) is 0 Å². The van der Waals surface area contributed by atoms with Crippen molar-refractivity contribution < 1.29 is 4.79 Å². The van der Waals surface area contributed by atoms with Crippen molar-refractivity contribution in [2.75, 3.05) is 6.54 Å². The third-order valence-electron chi connectivity index (χ3n) is 1.98. The summed E-state index contributed by atoms with van der Waals surface area (Å²) < 4.78 is 0. The highest BCUT2D eigenvalue weighted by atomic mass is 16.1. The molecule has 2 nitrogen and oxygen atoms in total. The zero-order valence-electron chi connectivity index (χ0n) is 8.86. The largest absolute Gasteiger partial charge is 0.353 e. The SMILES string of the molecule is C=Cc1ccccc1C=CCNC(C)=O. The quantitative estimate of drug-likeness (QED) is 0.796. The normalized spacial score (nSPS) is 10.2. The molecule has 0 spiro atoms. The predicted molar refractivity (Wildman–Crippen MR) is 64.3 cm³/mol. The molecule has 1 amide bonds. The molecule has 0 aliphatic heterocycles. The Balaban J connectivity index is 2.63. The highest BCUT2D eigenvalue weighted by Crippen LogP contribution is 2.11. The minimum absolute atomic E-state index is 0.0170. The minimum atomic E-state index is -0.0170. The molecule has 0 heterocycles. The molecule has 1 N–H and O–H groups in total. The zero-order valence-corrected chi connectivity index (χ0v) is 8.86. The lowest BCUT2D eigenvalue weighted by atomic mass is 10.1. The van der Waals surface area contributed by atoms with Gasteiger partial charge in [-0.25, -0.2) is 0 Å². The maximum atomic E-state index is 10.6. The summed E-state index contributed by atoms with van der Waals surface area (Å²) >= 11 is 0. The van der Waals surface area contributed by atoms with Crippen LogP contribution in [0.4, 0.5) is 0 Å². The first kappa shape index (κ1) is 11.2. The fraction of sp³-hybridized carbons (Fsp3) is 0.154. The molecule has 0 radical (unpaired) electrons. The Kier molecular flexibility index (Phi) is 4.35. The second kappa shape index (κ2) is 5.81. The summed E-state index contributed by atoms with van der Waals surface area (Å²) in [6.07, 6.45) is 5.72. The maximum Gasteiger partial charge on any atom is 0.217 e. The molecule has 0 fully saturated rings. The second-order valence-corrected chi connectivity index (χ2v) is 3.17. The molecule has 0 aliphatic carbocycles. The van der Waals surface area contributed by atoms with Crippen molar-refractivity contribution in [3.05, 3.63) is 48.0 Å². The molecular weight excluding hydrogens is 186 g/mol. The van der Waals surface area contributed by atoms with Crippen LogP contribution in [0.25, 0.3) is 12.2 Å². The summed E-state index contributed by atoms with van der Waals surface area (Å²) in [7, 11) is 0. The van der Waals surface area contributed by atoms with Gasteiger partial charge in [-0.15, -0.1) is 0 Å². The molecule has 0 bridgehead atoms. The molecule has 15 heavy (non-hydrogen) atoms. The molecule has 0 aliphatic rings. The van der Waals surface area contributed by atoms with E-state index in [2.05, 4.69) is 11.9 Å². The van der Waals surface area contributed by atoms with Crippen LogP contribution in [0.5, 0.6) is 0 Å². The number of rotatable bonds is 4. The average molecular weight is 201 g/mol. The molecule has 2 heteroatoms. The highest BCUT2D eigenvalue weighted by molar-refractivity contribution is 5.73. The van der Waals surface area contributed by atoms with Crippen molar-refractivity contribution in [3.8, 4) is 0 Å². The predicted octanol–water partition coefficient (Wildman–Crippen LogP) is 2.48. The van der Waals surface area contributed by atoms with Crippen LogP contribution in [0.15, 0.2) is 36.9 Å². The van der Waals surface area contributed by atoms with Crippen LogP contribution < -0.4 is 5.32 Å². The molecule has 0 saturated carbocycles. The van der Waals surface area contributed by atoms with E-state index in [4.69, 9.17) is 0 Å². The van der Waals surface area contributed by atoms with E-state index in [1.165, 1.54) is 6.92 Å². The standard InChI is InChI=1S/C13H15NO/c1-3-12-7-4-5-8-13(12)9-6-10-14-11(2)15/h3-9H,1,10H2,2H3,(H,14,15). The van der Waals surface area contributed by atoms with Crippen LogP contribution in [0.1, 0.15) is 18.1 Å². The van der Waals surface area contributed by atoms with Gasteiger partial charge in [0.25, 0.3) is 0 Å². The smallest absolute Gasteiger partial charge is 0.217 e. The van der Waals surface area contributed by atoms with Crippen LogP contribution >= 0.6 is 0 Å². The average Bonchev–Trinajstić information content (AvgIpc) is 2.24. The summed E-state index contributed by atoms with van der Waals surface area (Å²) in [4.78, 5) is 10.6. The number of benzene rings is 1. The van der Waals surface area contributed by atoms with E-state index in [1.807, 2.05) is 42.5 Å². The van der Waals surface area contributed by atoms with E-state index in [1.54, 1.807) is 0 Å². The molecule has 1 rings (SSSR count). The van der Waals surface area contributed by atoms with Crippen molar-refractivity contribution >= 4 is 18.1 Å². The van der Waals surface area contributed by atoms with E-state index < -0.39 is 0 Å². The summed E-state index contributed by atoms with van der Waals surface area (Å²) in [6, 6.07) is 7.97. The van der Waals surface area contributed by atoms with E-state index in [0.29, 0.717) is 6.54 Å². The third kappa shape index (κ3) is 3.81. The molecule has 0 unspecified atom stereocenters. The Hall–Kier alpha value is -1.83. The second-order valence-electron chi connectivity index (χ2n) is 3.17. The van der Waals surface area contributed by atoms with Gasteiger partial charge in [0.15, 0.2) is 0 Å². The van der Waals surface area contributed by atoms with Gasteiger partial charge in [-0.05, 0) is 11.1 Å². The maximum absolute atomic E-state index is 10.6. The fourth-order valence-corrected chi connectivity index (χ4v) is 1.24. The van der Waals surface area contributed by atoms with Gasteiger partial charge in [0.05, 0.1) is 0 Å². The van der Waals surface area contributed by atoms with Crippen LogP contribution in [-0.4, -0.2) is 12.5 Å². The molecular formula is C13H15NO. The minimum Gasteiger partial charge on any atom is -0.353 e. The first-order chi connectivity index (χ1) is 7.24. The molecule has 1 aromatic carbocycles. The lowest BCUT2D eigenvalue weighted by Crippen LogP contribution is -2.19. The number of hydrogen-bond donors (Lipinski definition) is 1. The Morgan fingerprint density at radius 1 is 1.40 bits per heavy atom. The number of amides is 1. The van der Waals surface area contributed by atoms with Crippen molar-refractivity contribution in [2.24, 2.45) is 0 Å². The lowest BCUT2D eigenvalue weighted by molar-refractivity contribution is -0.118. The zero-order chi connectivity index (χ0) is 11.1. The lowest BCUT2D eigenvalue weighted by Gasteiger charge is -1.99. The van der Waals surface area contributed by atoms with Gasteiger partial charge in [0, 0.05) is 13.5 Å². The highest BCUT2D eigenvalue weighted by Gasteiger charge is 1.92. The molecule has 0 saturated heterocycles. The van der Waals surface area contributed by atoms with Gasteiger partial charge >= 0.3 is 0 Å². The molecule has 0 aromatic heterocycles. The Morgan fingerprint density at radius 3 is 2.67 bits per heavy atom. The Morgan fingerprint density at radius 2 is 2.07 bits per heavy atom. The summed E-state index contributed by atoms with van der Waals surface area (Å²) in [5.41, 5.74) is 2.20. The fourth-order valence-electron chi connectivity index (χ4n) is 1.24. The van der Waals surface area contributed by atoms with Crippen molar-refractivity contribution in [3.63, 3.8) is 0 Å². The van der Waals surface area contributed by atoms with Gasteiger partial charge in [-0.2, -0.15) is 0 Å². The van der Waals surface area contributed by atoms with Crippen molar-refractivity contribution in [1.82, 2.24) is 5.32 Å². The van der Waals surface area contributed by atoms with Gasteiger partial charge in [-0.3, -0.25) is 4.79 Å². The van der Waals surface area contributed by atoms with Crippen LogP contribution in [-0.2, 0) is 4.79 Å². The van der Waals surface area contributed by atoms with Gasteiger partial charge in [-0.1, -0.05) is 49.1 Å². The van der Waals surface area contributed by atoms with E-state index in [-0.39, 0.29) is 5.91 Å². The van der Waals surface area contributed by atoms with E-state index >= 15 is 0 Å². The monoisotopic (exact) mass is 201 g/mol. The molecule has 78 valence electrons. The molecule has 1 aromatic rings. The first-order valence-electron chi connectivity index (χ1n) is 4.86. The van der Waals surface area contributed by atoms with Crippen molar-refractivity contribution in [2.45, 2.75) is 6.92 Å². The number of nitrogens with one attached hydrogen (secondary N) is 1. The van der Waals surface area contributed by atoms with Gasteiger partial charge < -0.3 is 5.32 Å². The summed E-state index contributed by atoms with van der Waals surface area (Å²) in [5, 5.41) is 2.70. The number of carbonyl (C=O) groups excluding carboxylic acids is 1. The van der Waals surface area contributed by atoms with Crippen LogP contribution in [0.2, 0.25) is 0 Å². The number of carbonyl (C=O) groups is 1. The third-order valence-corrected chi connectivity index (χ3v) is 1.98. The number of hydrogen-bond acceptors (Lipinski definition) is 1. The van der Waals surface area contributed by atoms with Crippen LogP contribution in [0, 0.1) is 0 Å². The Labute approximate surface area is 90.3 Å². The van der Waals surface area contributed by atoms with Gasteiger partial charge in [0.2, 0.25) is 5.91 Å². The summed E-state index contributed by atoms with van der Waals surface area (Å²) in [5.74, 6) is -0.0170.